The maximum atomic E-state index is 12.2. The Morgan fingerprint density at radius 1 is 1.13 bits per heavy atom. The molecular weight excluding hydrogens is 288 g/mol. The smallest absolute Gasteiger partial charge is 0.234 e. The normalized spacial score (nSPS) is 12.0. The van der Waals surface area contributed by atoms with Gasteiger partial charge in [-0.3, -0.25) is 9.69 Å². The van der Waals surface area contributed by atoms with E-state index in [0.29, 0.717) is 13.1 Å². The molecule has 1 N–H and O–H groups in total. The molecule has 0 fully saturated rings. The second-order valence-corrected chi connectivity index (χ2v) is 5.68. The summed E-state index contributed by atoms with van der Waals surface area (Å²) in [6.45, 7) is 3.00. The van der Waals surface area contributed by atoms with E-state index in [-0.39, 0.29) is 11.9 Å². The number of methoxy groups -OCH3 is 1. The molecule has 2 rings (SSSR count). The number of carbonyl (C=O) groups is 1. The van der Waals surface area contributed by atoms with Gasteiger partial charge in [0.1, 0.15) is 5.75 Å². The van der Waals surface area contributed by atoms with Gasteiger partial charge in [0.15, 0.2) is 0 Å². The van der Waals surface area contributed by atoms with Crippen LogP contribution in [0.4, 0.5) is 0 Å². The molecule has 2 aromatic carbocycles. The largest absolute Gasteiger partial charge is 0.496 e. The Balaban J connectivity index is 1.87. The average Bonchev–Trinajstić information content (AvgIpc) is 2.55. The van der Waals surface area contributed by atoms with Crippen molar-refractivity contribution in [1.82, 2.24) is 10.2 Å². The van der Waals surface area contributed by atoms with E-state index < -0.39 is 0 Å². The molecule has 4 heteroatoms. The average molecular weight is 312 g/mol. The van der Waals surface area contributed by atoms with E-state index in [1.54, 1.807) is 7.11 Å². The van der Waals surface area contributed by atoms with Gasteiger partial charge in [-0.05, 0) is 25.6 Å². The predicted octanol–water partition coefficient (Wildman–Crippen LogP) is 3.00. The highest BCUT2D eigenvalue weighted by Crippen LogP contribution is 2.18. The van der Waals surface area contributed by atoms with Gasteiger partial charge in [-0.1, -0.05) is 48.5 Å². The number of likely N-dealkylation sites (N-methyl/N-ethyl adjacent to an activating group) is 1. The first kappa shape index (κ1) is 17.0. The Labute approximate surface area is 138 Å². The van der Waals surface area contributed by atoms with E-state index >= 15 is 0 Å². The van der Waals surface area contributed by atoms with Crippen molar-refractivity contribution in [3.05, 3.63) is 65.7 Å². The molecule has 2 aromatic rings. The topological polar surface area (TPSA) is 41.6 Å². The highest BCUT2D eigenvalue weighted by molar-refractivity contribution is 5.78. The second-order valence-electron chi connectivity index (χ2n) is 5.68. The first-order chi connectivity index (χ1) is 11.1. The molecule has 0 saturated heterocycles. The molecule has 0 bridgehead atoms. The van der Waals surface area contributed by atoms with Gasteiger partial charge in [-0.25, -0.2) is 0 Å². The minimum absolute atomic E-state index is 0.00311. The summed E-state index contributed by atoms with van der Waals surface area (Å²) in [6.07, 6.45) is 0. The predicted molar refractivity (Wildman–Crippen MR) is 92.3 cm³/mol. The quantitative estimate of drug-likeness (QED) is 0.854. The molecular formula is C19H24N2O2. The molecule has 1 amide bonds. The van der Waals surface area contributed by atoms with Gasteiger partial charge in [0.25, 0.3) is 0 Å². The maximum absolute atomic E-state index is 12.2. The van der Waals surface area contributed by atoms with Crippen molar-refractivity contribution in [2.45, 2.75) is 19.5 Å². The molecule has 1 unspecified atom stereocenters. The van der Waals surface area contributed by atoms with Crippen LogP contribution in [0.1, 0.15) is 24.1 Å². The number of nitrogens with zero attached hydrogens (tertiary/aromatic N) is 1. The van der Waals surface area contributed by atoms with Crippen molar-refractivity contribution in [2.24, 2.45) is 0 Å². The summed E-state index contributed by atoms with van der Waals surface area (Å²) in [5.74, 6) is 0.858. The van der Waals surface area contributed by atoms with Crippen LogP contribution in [0.5, 0.6) is 5.75 Å². The molecule has 0 radical (unpaired) electrons. The van der Waals surface area contributed by atoms with Crippen LogP contribution in [-0.4, -0.2) is 31.5 Å². The number of benzene rings is 2. The lowest BCUT2D eigenvalue weighted by atomic mass is 10.1. The zero-order valence-electron chi connectivity index (χ0n) is 14.0. The molecule has 122 valence electrons. The van der Waals surface area contributed by atoms with Gasteiger partial charge in [0.2, 0.25) is 5.91 Å². The van der Waals surface area contributed by atoms with Crippen molar-refractivity contribution in [3.8, 4) is 5.75 Å². The van der Waals surface area contributed by atoms with Gasteiger partial charge < -0.3 is 10.1 Å². The molecule has 0 spiro atoms. The lowest BCUT2D eigenvalue weighted by Crippen LogP contribution is -2.36. The van der Waals surface area contributed by atoms with Crippen LogP contribution in [0.3, 0.4) is 0 Å². The van der Waals surface area contributed by atoms with Gasteiger partial charge in [0.05, 0.1) is 19.7 Å². The van der Waals surface area contributed by atoms with Crippen LogP contribution in [0.15, 0.2) is 54.6 Å². The van der Waals surface area contributed by atoms with Gasteiger partial charge in [-0.2, -0.15) is 0 Å². The third-order valence-electron chi connectivity index (χ3n) is 3.72. The summed E-state index contributed by atoms with van der Waals surface area (Å²) in [7, 11) is 3.59. The fourth-order valence-electron chi connectivity index (χ4n) is 2.54. The third kappa shape index (κ3) is 5.11. The standard InChI is InChI=1S/C19H24N2O2/c1-15(16-9-5-4-6-10-16)20-19(22)14-21(2)13-17-11-7-8-12-18(17)23-3/h4-12,15H,13-14H2,1-3H3,(H,20,22). The molecule has 1 atom stereocenters. The van der Waals surface area contributed by atoms with E-state index in [0.717, 1.165) is 16.9 Å². The molecule has 4 nitrogen and oxygen atoms in total. The van der Waals surface area contributed by atoms with Crippen LogP contribution >= 0.6 is 0 Å². The molecule has 0 aliphatic rings. The Bertz CT molecular complexity index is 628. The Morgan fingerprint density at radius 2 is 1.78 bits per heavy atom. The summed E-state index contributed by atoms with van der Waals surface area (Å²) in [6, 6.07) is 17.8. The molecule has 23 heavy (non-hydrogen) atoms. The lowest BCUT2D eigenvalue weighted by Gasteiger charge is -2.20. The minimum Gasteiger partial charge on any atom is -0.496 e. The second kappa shape index (κ2) is 8.34. The summed E-state index contributed by atoms with van der Waals surface area (Å²) in [4.78, 5) is 14.2. The molecule has 0 heterocycles. The van der Waals surface area contributed by atoms with E-state index in [1.165, 1.54) is 0 Å². The van der Waals surface area contributed by atoms with Crippen LogP contribution in [0.25, 0.3) is 0 Å². The third-order valence-corrected chi connectivity index (χ3v) is 3.72. The highest BCUT2D eigenvalue weighted by Gasteiger charge is 2.12. The first-order valence-electron chi connectivity index (χ1n) is 7.75. The summed E-state index contributed by atoms with van der Waals surface area (Å²) in [5.41, 5.74) is 2.18. The summed E-state index contributed by atoms with van der Waals surface area (Å²) < 4.78 is 5.35. The van der Waals surface area contributed by atoms with Gasteiger partial charge >= 0.3 is 0 Å². The monoisotopic (exact) mass is 312 g/mol. The van der Waals surface area contributed by atoms with Crippen molar-refractivity contribution in [1.29, 1.82) is 0 Å². The van der Waals surface area contributed by atoms with Gasteiger partial charge in [-0.15, -0.1) is 0 Å². The van der Waals surface area contributed by atoms with Crippen LogP contribution < -0.4 is 10.1 Å². The first-order valence-corrected chi connectivity index (χ1v) is 7.75. The van der Waals surface area contributed by atoms with Crippen molar-refractivity contribution >= 4 is 5.91 Å². The number of ether oxygens (including phenoxy) is 1. The Kier molecular flexibility index (Phi) is 6.18. The van der Waals surface area contributed by atoms with Crippen LogP contribution in [0, 0.1) is 0 Å². The Morgan fingerprint density at radius 3 is 2.48 bits per heavy atom. The zero-order valence-corrected chi connectivity index (χ0v) is 14.0. The highest BCUT2D eigenvalue weighted by atomic mass is 16.5. The number of carbonyl (C=O) groups excluding carboxylic acids is 1. The Hall–Kier alpha value is -2.33. The van der Waals surface area contributed by atoms with Crippen molar-refractivity contribution in [3.63, 3.8) is 0 Å². The number of nitrogens with one attached hydrogen (secondary N) is 1. The fraction of sp³-hybridized carbons (Fsp3) is 0.316. The number of hydrogen-bond donors (Lipinski definition) is 1. The van der Waals surface area contributed by atoms with Crippen molar-refractivity contribution in [2.75, 3.05) is 20.7 Å². The molecule has 0 aromatic heterocycles. The van der Waals surface area contributed by atoms with E-state index in [2.05, 4.69) is 5.32 Å². The fourth-order valence-corrected chi connectivity index (χ4v) is 2.54. The maximum Gasteiger partial charge on any atom is 0.234 e. The zero-order chi connectivity index (χ0) is 16.7. The van der Waals surface area contributed by atoms with E-state index in [1.807, 2.05) is 73.5 Å². The summed E-state index contributed by atoms with van der Waals surface area (Å²) in [5, 5.41) is 3.03. The van der Waals surface area contributed by atoms with Gasteiger partial charge in [0, 0.05) is 12.1 Å². The number of para-hydroxylation sites is 1. The number of amides is 1. The lowest BCUT2D eigenvalue weighted by molar-refractivity contribution is -0.122. The molecule has 0 aliphatic carbocycles. The minimum atomic E-state index is 0.00311. The van der Waals surface area contributed by atoms with Crippen LogP contribution in [0.2, 0.25) is 0 Å². The summed E-state index contributed by atoms with van der Waals surface area (Å²) >= 11 is 0. The SMILES string of the molecule is COc1ccccc1CN(C)CC(=O)NC(C)c1ccccc1. The number of hydrogen-bond acceptors (Lipinski definition) is 3. The van der Waals surface area contributed by atoms with Crippen LogP contribution in [-0.2, 0) is 11.3 Å². The van der Waals surface area contributed by atoms with E-state index in [4.69, 9.17) is 4.74 Å². The molecule has 0 saturated carbocycles. The van der Waals surface area contributed by atoms with E-state index in [9.17, 15) is 4.79 Å². The van der Waals surface area contributed by atoms with Crippen molar-refractivity contribution < 1.29 is 9.53 Å². The number of rotatable bonds is 7. The molecule has 0 aliphatic heterocycles.